The zero-order valence-corrected chi connectivity index (χ0v) is 21.1. The van der Waals surface area contributed by atoms with E-state index in [1.54, 1.807) is 32.2 Å². The van der Waals surface area contributed by atoms with Gasteiger partial charge in [0, 0.05) is 56.8 Å². The second kappa shape index (κ2) is 12.3. The Labute approximate surface area is 208 Å². The van der Waals surface area contributed by atoms with E-state index in [1.165, 1.54) is 4.57 Å². The number of nitrogens with zero attached hydrogens (tertiary/aromatic N) is 4. The quantitative estimate of drug-likeness (QED) is 0.461. The summed E-state index contributed by atoms with van der Waals surface area (Å²) in [5.74, 6) is -0.577. The third kappa shape index (κ3) is 6.79. The van der Waals surface area contributed by atoms with E-state index in [-0.39, 0.29) is 17.0 Å². The lowest BCUT2D eigenvalue weighted by Gasteiger charge is -2.31. The maximum atomic E-state index is 12.8. The van der Waals surface area contributed by atoms with Gasteiger partial charge < -0.3 is 20.9 Å². The normalized spacial score (nSPS) is 15.9. The number of piperazine rings is 1. The van der Waals surface area contributed by atoms with Gasteiger partial charge in [-0.3, -0.25) is 23.9 Å². The molecule has 2 amide bonds. The Morgan fingerprint density at radius 1 is 1.17 bits per heavy atom. The Bertz CT molecular complexity index is 1280. The monoisotopic (exact) mass is 497 g/mol. The first-order valence-corrected chi connectivity index (χ1v) is 12.4. The van der Waals surface area contributed by atoms with E-state index >= 15 is 0 Å². The molecule has 0 unspecified atom stereocenters. The Balaban J connectivity index is 1.77. The van der Waals surface area contributed by atoms with Gasteiger partial charge in [-0.05, 0) is 39.1 Å². The van der Waals surface area contributed by atoms with Crippen LogP contribution in [-0.4, -0.2) is 72.5 Å². The number of thiazole rings is 1. The van der Waals surface area contributed by atoms with Gasteiger partial charge in [0.15, 0.2) is 5.57 Å². The molecule has 3 N–H and O–H groups in total. The highest BCUT2D eigenvalue weighted by Gasteiger charge is 2.17. The molecule has 0 spiro atoms. The van der Waals surface area contributed by atoms with Crippen LogP contribution in [0.4, 0.5) is 11.4 Å². The molecule has 2 aromatic rings. The van der Waals surface area contributed by atoms with Crippen LogP contribution in [0.2, 0.25) is 0 Å². The van der Waals surface area contributed by atoms with E-state index in [0.717, 1.165) is 37.5 Å². The number of rotatable bonds is 8. The number of nitriles is 1. The van der Waals surface area contributed by atoms with E-state index in [1.807, 2.05) is 18.2 Å². The smallest absolute Gasteiger partial charge is 0.270 e. The van der Waals surface area contributed by atoms with Crippen molar-refractivity contribution in [1.29, 1.82) is 5.26 Å². The number of amides is 2. The molecule has 1 aliphatic heterocycles. The number of hydrogen-bond donors (Lipinski definition) is 3. The first kappa shape index (κ1) is 26.2. The van der Waals surface area contributed by atoms with Gasteiger partial charge in [-0.1, -0.05) is 6.07 Å². The molecule has 1 fully saturated rings. The zero-order valence-electron chi connectivity index (χ0n) is 20.3. The van der Waals surface area contributed by atoms with E-state index in [0.29, 0.717) is 40.2 Å². The molecular formula is C24H31N7O3S. The van der Waals surface area contributed by atoms with Gasteiger partial charge in [0.2, 0.25) is 5.91 Å². The molecule has 0 saturated carbocycles. The number of carbonyl (C=O) groups excluding carboxylic acids is 2. The first-order chi connectivity index (χ1) is 16.9. The summed E-state index contributed by atoms with van der Waals surface area (Å²) in [5, 5.41) is 18.1. The lowest BCUT2D eigenvalue weighted by atomic mass is 10.2. The molecule has 186 valence electrons. The van der Waals surface area contributed by atoms with Gasteiger partial charge in [0.25, 0.3) is 11.5 Å². The number of likely N-dealkylation sites (N-methyl/N-ethyl adjacent to an activating group) is 1. The number of aromatic nitrogens is 1. The van der Waals surface area contributed by atoms with Crippen molar-refractivity contribution in [2.75, 3.05) is 56.9 Å². The van der Waals surface area contributed by atoms with Crippen LogP contribution in [0, 0.1) is 11.3 Å². The molecule has 0 bridgehead atoms. The molecule has 1 saturated heterocycles. The standard InChI is InChI=1S/C24H31N7O3S/c1-4-26-22(33)19(14-25)24-31(5-2)23(34)20(35-24)15-27-17-7-6-8-18(13-17)28-21(32)16-30-11-9-29(3)10-12-30/h6-8,13,15,27H,4-5,9-12,16H2,1-3H3,(H,26,33)(H,28,32)/b20-15+,24-19-. The molecule has 1 aromatic heterocycles. The molecule has 1 aliphatic rings. The largest absolute Gasteiger partial charge is 0.360 e. The number of hydrogen-bond acceptors (Lipinski definition) is 8. The van der Waals surface area contributed by atoms with Crippen LogP contribution in [-0.2, 0) is 16.1 Å². The van der Waals surface area contributed by atoms with Crippen molar-refractivity contribution >= 4 is 46.3 Å². The van der Waals surface area contributed by atoms with Gasteiger partial charge >= 0.3 is 0 Å². The Kier molecular flexibility index (Phi) is 9.19. The topological polar surface area (TPSA) is 122 Å². The van der Waals surface area contributed by atoms with Gasteiger partial charge in [-0.15, -0.1) is 11.3 Å². The van der Waals surface area contributed by atoms with E-state index in [9.17, 15) is 19.6 Å². The molecular weight excluding hydrogens is 466 g/mol. The molecule has 10 nitrogen and oxygen atoms in total. The van der Waals surface area contributed by atoms with Gasteiger partial charge in [-0.25, -0.2) is 0 Å². The van der Waals surface area contributed by atoms with Crippen LogP contribution in [0.15, 0.2) is 29.1 Å². The summed E-state index contributed by atoms with van der Waals surface area (Å²) in [7, 11) is 2.07. The van der Waals surface area contributed by atoms with Gasteiger partial charge in [0.1, 0.15) is 15.3 Å². The van der Waals surface area contributed by atoms with Crippen molar-refractivity contribution < 1.29 is 9.59 Å². The molecule has 35 heavy (non-hydrogen) atoms. The van der Waals surface area contributed by atoms with E-state index < -0.39 is 5.91 Å². The fourth-order valence-corrected chi connectivity index (χ4v) is 4.77. The van der Waals surface area contributed by atoms with Crippen molar-refractivity contribution in [3.05, 3.63) is 43.8 Å². The molecule has 0 atom stereocenters. The second-order valence-corrected chi connectivity index (χ2v) is 9.19. The molecule has 2 heterocycles. The average Bonchev–Trinajstić information content (AvgIpc) is 3.15. The second-order valence-electron chi connectivity index (χ2n) is 8.16. The number of nitrogens with one attached hydrogen (secondary N) is 3. The van der Waals surface area contributed by atoms with Gasteiger partial charge in [0.05, 0.1) is 6.54 Å². The van der Waals surface area contributed by atoms with Crippen molar-refractivity contribution in [2.45, 2.75) is 20.4 Å². The maximum Gasteiger partial charge on any atom is 0.270 e. The zero-order chi connectivity index (χ0) is 25.4. The molecule has 3 rings (SSSR count). The summed E-state index contributed by atoms with van der Waals surface area (Å²) in [6, 6.07) is 9.14. The third-order valence-electron chi connectivity index (χ3n) is 5.59. The van der Waals surface area contributed by atoms with Crippen LogP contribution < -0.4 is 30.7 Å². The minimum atomic E-state index is -0.502. The molecule has 0 aliphatic carbocycles. The van der Waals surface area contributed by atoms with Crippen molar-refractivity contribution in [2.24, 2.45) is 0 Å². The number of benzene rings is 1. The lowest BCUT2D eigenvalue weighted by Crippen LogP contribution is -2.47. The van der Waals surface area contributed by atoms with Crippen LogP contribution in [0.1, 0.15) is 13.8 Å². The predicted molar refractivity (Wildman–Crippen MR) is 138 cm³/mol. The summed E-state index contributed by atoms with van der Waals surface area (Å²) < 4.78 is 2.10. The minimum absolute atomic E-state index is 0.0747. The van der Waals surface area contributed by atoms with Gasteiger partial charge in [-0.2, -0.15) is 5.26 Å². The van der Waals surface area contributed by atoms with Crippen molar-refractivity contribution in [3.63, 3.8) is 0 Å². The van der Waals surface area contributed by atoms with Crippen LogP contribution in [0.5, 0.6) is 0 Å². The highest BCUT2D eigenvalue weighted by atomic mass is 32.1. The Morgan fingerprint density at radius 2 is 1.89 bits per heavy atom. The summed E-state index contributed by atoms with van der Waals surface area (Å²) in [6.45, 7) is 8.23. The molecule has 0 radical (unpaired) electrons. The Morgan fingerprint density at radius 3 is 2.54 bits per heavy atom. The average molecular weight is 498 g/mol. The highest BCUT2D eigenvalue weighted by molar-refractivity contribution is 7.07. The maximum absolute atomic E-state index is 12.8. The number of anilines is 2. The SMILES string of the molecule is CCNC(=O)/C(C#N)=c1\s/c(=C/Nc2cccc(NC(=O)CN3CCN(C)CC3)c2)c(=O)n1CC. The van der Waals surface area contributed by atoms with E-state index in [2.05, 4.69) is 32.8 Å². The van der Waals surface area contributed by atoms with Crippen LogP contribution in [0.25, 0.3) is 11.8 Å². The predicted octanol–water partition coefficient (Wildman–Crippen LogP) is -0.224. The fourth-order valence-electron chi connectivity index (χ4n) is 3.68. The first-order valence-electron chi connectivity index (χ1n) is 11.6. The summed E-state index contributed by atoms with van der Waals surface area (Å²) >= 11 is 1.08. The van der Waals surface area contributed by atoms with Crippen LogP contribution >= 0.6 is 11.3 Å². The van der Waals surface area contributed by atoms with Crippen molar-refractivity contribution in [3.8, 4) is 6.07 Å². The third-order valence-corrected chi connectivity index (χ3v) is 6.72. The molecule has 11 heteroatoms. The summed E-state index contributed by atoms with van der Waals surface area (Å²) in [6.07, 6.45) is 1.56. The Hall–Kier alpha value is -3.46. The summed E-state index contributed by atoms with van der Waals surface area (Å²) in [5.41, 5.74) is 0.971. The molecule has 1 aromatic carbocycles. The van der Waals surface area contributed by atoms with Crippen molar-refractivity contribution in [1.82, 2.24) is 19.7 Å². The fraction of sp³-hybridized carbons (Fsp3) is 0.417. The van der Waals surface area contributed by atoms with E-state index in [4.69, 9.17) is 0 Å². The highest BCUT2D eigenvalue weighted by Crippen LogP contribution is 2.15. The number of carbonyl (C=O) groups is 2. The van der Waals surface area contributed by atoms with Crippen LogP contribution in [0.3, 0.4) is 0 Å². The lowest BCUT2D eigenvalue weighted by molar-refractivity contribution is -0.118. The minimum Gasteiger partial charge on any atom is -0.360 e. The summed E-state index contributed by atoms with van der Waals surface area (Å²) in [4.78, 5) is 41.9.